The third-order valence-corrected chi connectivity index (χ3v) is 4.59. The lowest BCUT2D eigenvalue weighted by Crippen LogP contribution is -2.32. The normalized spacial score (nSPS) is 13.9. The van der Waals surface area contributed by atoms with Crippen molar-refractivity contribution in [3.8, 4) is 16.2 Å². The highest BCUT2D eigenvalue weighted by molar-refractivity contribution is 7.19. The summed E-state index contributed by atoms with van der Waals surface area (Å²) < 4.78 is 5.80. The molecule has 3 rings (SSSR count). The van der Waals surface area contributed by atoms with Crippen LogP contribution in [0.2, 0.25) is 0 Å². The van der Waals surface area contributed by atoms with Crippen LogP contribution < -0.4 is 15.0 Å². The van der Waals surface area contributed by atoms with Gasteiger partial charge in [0.25, 0.3) is 0 Å². The van der Waals surface area contributed by atoms with E-state index in [-0.39, 0.29) is 0 Å². The van der Waals surface area contributed by atoms with Crippen LogP contribution in [-0.4, -0.2) is 26.7 Å². The number of anilines is 2. The number of fused-ring (bicyclic) bond motifs is 1. The Kier molecular flexibility index (Phi) is 3.34. The predicted octanol–water partition coefficient (Wildman–Crippen LogP) is 3.68. The maximum atomic E-state index is 5.80. The molecule has 0 saturated heterocycles. The quantitative estimate of drug-likeness (QED) is 0.924. The Labute approximate surface area is 117 Å². The molecule has 1 aromatic carbocycles. The van der Waals surface area contributed by atoms with E-state index in [1.165, 1.54) is 21.1 Å². The number of hydrogen-bond acceptors (Lipinski definition) is 4. The number of thiophene rings is 1. The van der Waals surface area contributed by atoms with Crippen molar-refractivity contribution < 1.29 is 4.74 Å². The summed E-state index contributed by atoms with van der Waals surface area (Å²) in [4.78, 5) is 3.63. The van der Waals surface area contributed by atoms with Crippen molar-refractivity contribution in [1.82, 2.24) is 0 Å². The molecule has 0 spiro atoms. The molecule has 1 aliphatic rings. The lowest BCUT2D eigenvalue weighted by molar-refractivity contribution is 0.308. The van der Waals surface area contributed by atoms with Crippen LogP contribution >= 0.6 is 11.3 Å². The molecule has 0 bridgehead atoms. The number of benzene rings is 1. The topological polar surface area (TPSA) is 24.5 Å². The molecule has 100 valence electrons. The van der Waals surface area contributed by atoms with Gasteiger partial charge < -0.3 is 15.0 Å². The number of hydrogen-bond donors (Lipinski definition) is 1. The average molecular weight is 274 g/mol. The Hall–Kier alpha value is -1.68. The minimum absolute atomic E-state index is 0.774. The Morgan fingerprint density at radius 2 is 2.21 bits per heavy atom. The molecule has 2 heterocycles. The first-order valence-electron chi connectivity index (χ1n) is 6.61. The summed E-state index contributed by atoms with van der Waals surface area (Å²) >= 11 is 1.76. The van der Waals surface area contributed by atoms with Crippen LogP contribution in [0.25, 0.3) is 10.4 Å². The zero-order chi connectivity index (χ0) is 13.2. The smallest absolute Gasteiger partial charge is 0.143 e. The van der Waals surface area contributed by atoms with Crippen LogP contribution in [0.1, 0.15) is 6.92 Å². The van der Waals surface area contributed by atoms with E-state index in [9.17, 15) is 0 Å². The van der Waals surface area contributed by atoms with Crippen LogP contribution in [0.4, 0.5) is 10.7 Å². The molecule has 0 fully saturated rings. The van der Waals surface area contributed by atoms with E-state index in [1.807, 2.05) is 7.05 Å². The number of ether oxygens (including phenoxy) is 1. The van der Waals surface area contributed by atoms with E-state index >= 15 is 0 Å². The van der Waals surface area contributed by atoms with Crippen LogP contribution in [0.5, 0.6) is 5.75 Å². The molecule has 0 saturated carbocycles. The van der Waals surface area contributed by atoms with Gasteiger partial charge in [0, 0.05) is 18.5 Å². The standard InChI is InChI=1S/C15H18N2OS/c1-3-17-8-9-18-13-10-11(4-5-12(13)17)14-6-7-15(16-2)19-14/h4-7,10,16H,3,8-9H2,1-2H3. The van der Waals surface area contributed by atoms with E-state index < -0.39 is 0 Å². The van der Waals surface area contributed by atoms with E-state index in [0.717, 1.165) is 25.4 Å². The Bertz CT molecular complexity index is 579. The first-order chi connectivity index (χ1) is 9.31. The number of nitrogens with zero attached hydrogens (tertiary/aromatic N) is 1. The minimum atomic E-state index is 0.774. The van der Waals surface area contributed by atoms with Gasteiger partial charge in [0.1, 0.15) is 12.4 Å². The molecule has 1 aromatic heterocycles. The minimum Gasteiger partial charge on any atom is -0.490 e. The van der Waals surface area contributed by atoms with Crippen molar-refractivity contribution in [2.24, 2.45) is 0 Å². The molecule has 3 nitrogen and oxygen atoms in total. The van der Waals surface area contributed by atoms with E-state index in [0.29, 0.717) is 0 Å². The van der Waals surface area contributed by atoms with E-state index in [2.05, 4.69) is 47.5 Å². The molecule has 0 unspecified atom stereocenters. The summed E-state index contributed by atoms with van der Waals surface area (Å²) in [6.45, 7) is 4.96. The SMILES string of the molecule is CCN1CCOc2cc(-c3ccc(NC)s3)ccc21. The molecule has 1 N–H and O–H groups in total. The zero-order valence-electron chi connectivity index (χ0n) is 11.3. The Morgan fingerprint density at radius 3 is 2.95 bits per heavy atom. The Balaban J connectivity index is 1.96. The molecular weight excluding hydrogens is 256 g/mol. The highest BCUT2D eigenvalue weighted by Gasteiger charge is 2.17. The predicted molar refractivity (Wildman–Crippen MR) is 82.7 cm³/mol. The fourth-order valence-electron chi connectivity index (χ4n) is 2.39. The highest BCUT2D eigenvalue weighted by Crippen LogP contribution is 2.38. The van der Waals surface area contributed by atoms with Crippen molar-refractivity contribution in [3.63, 3.8) is 0 Å². The molecule has 19 heavy (non-hydrogen) atoms. The van der Waals surface area contributed by atoms with Crippen LogP contribution in [-0.2, 0) is 0 Å². The summed E-state index contributed by atoms with van der Waals surface area (Å²) in [5.74, 6) is 1.00. The molecule has 2 aromatic rings. The van der Waals surface area contributed by atoms with Gasteiger partial charge in [-0.05, 0) is 36.8 Å². The summed E-state index contributed by atoms with van der Waals surface area (Å²) in [7, 11) is 1.95. The molecule has 0 atom stereocenters. The second kappa shape index (κ2) is 5.13. The lowest BCUT2D eigenvalue weighted by Gasteiger charge is -2.30. The van der Waals surface area contributed by atoms with Gasteiger partial charge in [-0.3, -0.25) is 0 Å². The third kappa shape index (κ3) is 2.28. The fourth-order valence-corrected chi connectivity index (χ4v) is 3.24. The zero-order valence-corrected chi connectivity index (χ0v) is 12.1. The molecule has 0 radical (unpaired) electrons. The van der Waals surface area contributed by atoms with Gasteiger partial charge in [-0.1, -0.05) is 6.07 Å². The van der Waals surface area contributed by atoms with Gasteiger partial charge in [-0.15, -0.1) is 11.3 Å². The summed E-state index contributed by atoms with van der Waals surface area (Å²) in [6.07, 6.45) is 0. The van der Waals surface area contributed by atoms with Gasteiger partial charge in [0.2, 0.25) is 0 Å². The highest BCUT2D eigenvalue weighted by atomic mass is 32.1. The molecular formula is C15H18N2OS. The number of rotatable bonds is 3. The molecule has 0 amide bonds. The van der Waals surface area contributed by atoms with Crippen LogP contribution in [0, 0.1) is 0 Å². The van der Waals surface area contributed by atoms with Crippen LogP contribution in [0.15, 0.2) is 30.3 Å². The fraction of sp³-hybridized carbons (Fsp3) is 0.333. The van der Waals surface area contributed by atoms with Gasteiger partial charge in [0.15, 0.2) is 0 Å². The van der Waals surface area contributed by atoms with Crippen molar-refractivity contribution in [1.29, 1.82) is 0 Å². The monoisotopic (exact) mass is 274 g/mol. The van der Waals surface area contributed by atoms with Crippen molar-refractivity contribution in [2.75, 3.05) is 37.0 Å². The number of likely N-dealkylation sites (N-methyl/N-ethyl adjacent to an activating group) is 1. The lowest BCUT2D eigenvalue weighted by atomic mass is 10.1. The maximum Gasteiger partial charge on any atom is 0.143 e. The summed E-state index contributed by atoms with van der Waals surface area (Å²) in [5.41, 5.74) is 2.44. The molecule has 4 heteroatoms. The summed E-state index contributed by atoms with van der Waals surface area (Å²) in [6, 6.07) is 10.8. The van der Waals surface area contributed by atoms with E-state index in [4.69, 9.17) is 4.74 Å². The second-order valence-corrected chi connectivity index (χ2v) is 5.61. The Morgan fingerprint density at radius 1 is 1.32 bits per heavy atom. The second-order valence-electron chi connectivity index (χ2n) is 4.52. The molecule has 0 aliphatic carbocycles. The largest absolute Gasteiger partial charge is 0.490 e. The first-order valence-corrected chi connectivity index (χ1v) is 7.43. The first kappa shape index (κ1) is 12.4. The van der Waals surface area contributed by atoms with Gasteiger partial charge in [0.05, 0.1) is 17.2 Å². The molecule has 1 aliphatic heterocycles. The van der Waals surface area contributed by atoms with Gasteiger partial charge in [-0.2, -0.15) is 0 Å². The van der Waals surface area contributed by atoms with Gasteiger partial charge in [-0.25, -0.2) is 0 Å². The van der Waals surface area contributed by atoms with Crippen LogP contribution in [0.3, 0.4) is 0 Å². The number of nitrogens with one attached hydrogen (secondary N) is 1. The van der Waals surface area contributed by atoms with Crippen molar-refractivity contribution >= 4 is 22.0 Å². The third-order valence-electron chi connectivity index (χ3n) is 3.44. The van der Waals surface area contributed by atoms with Crippen molar-refractivity contribution in [2.45, 2.75) is 6.92 Å². The van der Waals surface area contributed by atoms with E-state index in [1.54, 1.807) is 11.3 Å². The average Bonchev–Trinajstić information content (AvgIpc) is 2.95. The van der Waals surface area contributed by atoms with Crippen molar-refractivity contribution in [3.05, 3.63) is 30.3 Å². The summed E-state index contributed by atoms with van der Waals surface area (Å²) in [5, 5.41) is 4.36. The maximum absolute atomic E-state index is 5.80. The van der Waals surface area contributed by atoms with Gasteiger partial charge >= 0.3 is 0 Å².